The van der Waals surface area contributed by atoms with Gasteiger partial charge in [-0.25, -0.2) is 13.1 Å². The van der Waals surface area contributed by atoms with Crippen LogP contribution in [-0.4, -0.2) is 13.5 Å². The minimum atomic E-state index is -3.69. The zero-order valence-electron chi connectivity index (χ0n) is 10.8. The predicted octanol–water partition coefficient (Wildman–Crippen LogP) is 2.32. The second-order valence-corrected chi connectivity index (χ2v) is 6.78. The van der Waals surface area contributed by atoms with E-state index in [0.29, 0.717) is 0 Å². The largest absolute Gasteiger partial charge is 0.450 e. The van der Waals surface area contributed by atoms with Crippen molar-refractivity contribution in [3.8, 4) is 0 Å². The highest BCUT2D eigenvalue weighted by atomic mass is 79.9. The highest BCUT2D eigenvalue weighted by Gasteiger charge is 2.22. The molecule has 7 heteroatoms. The van der Waals surface area contributed by atoms with Gasteiger partial charge in [-0.15, -0.1) is 0 Å². The molecule has 2 rings (SSSR count). The summed E-state index contributed by atoms with van der Waals surface area (Å²) < 4.78 is 32.0. The molecule has 0 aliphatic rings. The molecule has 0 fully saturated rings. The lowest BCUT2D eigenvalue weighted by atomic mass is 10.1. The maximum atomic E-state index is 12.2. The average molecular weight is 360 g/mol. The fraction of sp³-hybridized carbons (Fsp3) is 0.231. The van der Waals surface area contributed by atoms with E-state index in [-0.39, 0.29) is 28.5 Å². The van der Waals surface area contributed by atoms with Crippen LogP contribution in [0.3, 0.4) is 0 Å². The van der Waals surface area contributed by atoms with Crippen LogP contribution in [0.25, 0.3) is 0 Å². The number of halogens is 1. The first-order chi connectivity index (χ1) is 9.42. The quantitative estimate of drug-likeness (QED) is 0.858. The number of benzene rings is 1. The number of sulfonamides is 1. The molecule has 0 atom stereocenters. The normalized spacial score (nSPS) is 11.8. The molecule has 20 heavy (non-hydrogen) atoms. The summed E-state index contributed by atoms with van der Waals surface area (Å²) >= 11 is 3.03. The number of furan rings is 1. The van der Waals surface area contributed by atoms with E-state index in [1.54, 1.807) is 0 Å². The van der Waals surface area contributed by atoms with E-state index in [9.17, 15) is 8.42 Å². The Balaban J connectivity index is 2.17. The van der Waals surface area contributed by atoms with Gasteiger partial charge in [-0.1, -0.05) is 29.8 Å². The van der Waals surface area contributed by atoms with Crippen LogP contribution in [0.2, 0.25) is 0 Å². The van der Waals surface area contributed by atoms with E-state index in [0.717, 1.165) is 11.1 Å². The Labute approximate surface area is 125 Å². The van der Waals surface area contributed by atoms with Gasteiger partial charge >= 0.3 is 0 Å². The van der Waals surface area contributed by atoms with Crippen molar-refractivity contribution in [1.82, 2.24) is 4.72 Å². The molecular formula is C13H14BrNO4S. The van der Waals surface area contributed by atoms with Crippen molar-refractivity contribution < 1.29 is 17.9 Å². The lowest BCUT2D eigenvalue weighted by molar-refractivity contribution is 0.245. The molecule has 0 aliphatic heterocycles. The molecule has 1 aromatic heterocycles. The summed E-state index contributed by atoms with van der Waals surface area (Å²) in [4.78, 5) is -0.0193. The van der Waals surface area contributed by atoms with Gasteiger partial charge in [-0.05, 0) is 28.4 Å². The summed E-state index contributed by atoms with van der Waals surface area (Å²) in [5.74, 6) is 0.188. The summed E-state index contributed by atoms with van der Waals surface area (Å²) in [6.45, 7) is 1.78. The Morgan fingerprint density at radius 1 is 1.35 bits per heavy atom. The zero-order valence-corrected chi connectivity index (χ0v) is 13.2. The Morgan fingerprint density at radius 2 is 2.10 bits per heavy atom. The summed E-state index contributed by atoms with van der Waals surface area (Å²) in [6.07, 6.45) is 0. The smallest absolute Gasteiger partial charge is 0.245 e. The molecule has 0 unspecified atom stereocenters. The molecule has 2 aromatic rings. The Bertz CT molecular complexity index is 709. The fourth-order valence-corrected chi connectivity index (χ4v) is 3.75. The molecule has 0 saturated heterocycles. The molecule has 0 bridgehead atoms. The van der Waals surface area contributed by atoms with E-state index in [1.807, 2.05) is 31.2 Å². The topological polar surface area (TPSA) is 79.5 Å². The van der Waals surface area contributed by atoms with Crippen LogP contribution in [0.4, 0.5) is 0 Å². The van der Waals surface area contributed by atoms with Crippen molar-refractivity contribution in [2.75, 3.05) is 0 Å². The van der Waals surface area contributed by atoms with E-state index < -0.39 is 10.0 Å². The number of hydrogen-bond donors (Lipinski definition) is 2. The van der Waals surface area contributed by atoms with Crippen LogP contribution < -0.4 is 4.72 Å². The monoisotopic (exact) mass is 359 g/mol. The Hall–Kier alpha value is -1.15. The third-order valence-electron chi connectivity index (χ3n) is 2.70. The molecule has 2 N–H and O–H groups in total. The summed E-state index contributed by atoms with van der Waals surface area (Å²) in [6, 6.07) is 8.86. The second-order valence-electron chi connectivity index (χ2n) is 4.32. The summed E-state index contributed by atoms with van der Waals surface area (Å²) in [7, 11) is -3.69. The number of aryl methyl sites for hydroxylation is 1. The van der Waals surface area contributed by atoms with Gasteiger partial charge in [0.1, 0.15) is 17.3 Å². The lowest BCUT2D eigenvalue weighted by Crippen LogP contribution is -2.23. The zero-order chi connectivity index (χ0) is 14.8. The number of aliphatic hydroxyl groups is 1. The van der Waals surface area contributed by atoms with Crippen LogP contribution in [0.15, 0.2) is 44.3 Å². The number of nitrogens with one attached hydrogen (secondary N) is 1. The van der Waals surface area contributed by atoms with Crippen LogP contribution in [0.5, 0.6) is 0 Å². The minimum absolute atomic E-state index is 0.0193. The maximum Gasteiger partial charge on any atom is 0.245 e. The van der Waals surface area contributed by atoms with Crippen molar-refractivity contribution in [2.45, 2.75) is 25.0 Å². The van der Waals surface area contributed by atoms with Gasteiger partial charge in [-0.2, -0.15) is 0 Å². The van der Waals surface area contributed by atoms with Gasteiger partial charge in [0.15, 0.2) is 4.67 Å². The fourth-order valence-electron chi connectivity index (χ4n) is 1.74. The van der Waals surface area contributed by atoms with Gasteiger partial charge in [0, 0.05) is 12.6 Å². The average Bonchev–Trinajstić information content (AvgIpc) is 2.79. The highest BCUT2D eigenvalue weighted by Crippen LogP contribution is 2.26. The SMILES string of the molecule is Cc1cccc(CNS(=O)(=O)c2cc(CO)oc2Br)c1. The number of hydrogen-bond acceptors (Lipinski definition) is 4. The highest BCUT2D eigenvalue weighted by molar-refractivity contribution is 9.10. The standard InChI is InChI=1S/C13H14BrNO4S/c1-9-3-2-4-10(5-9)7-15-20(17,18)12-6-11(8-16)19-13(12)14/h2-6,15-16H,7-8H2,1H3. The molecule has 1 aromatic carbocycles. The molecule has 0 amide bonds. The van der Waals surface area contributed by atoms with Crippen molar-refractivity contribution in [3.63, 3.8) is 0 Å². The third kappa shape index (κ3) is 3.49. The van der Waals surface area contributed by atoms with Gasteiger partial charge < -0.3 is 9.52 Å². The first-order valence-corrected chi connectivity index (χ1v) is 8.14. The summed E-state index contributed by atoms with van der Waals surface area (Å²) in [5, 5.41) is 8.95. The second kappa shape index (κ2) is 6.09. The number of aliphatic hydroxyl groups excluding tert-OH is 1. The Kier molecular flexibility index (Phi) is 4.64. The lowest BCUT2D eigenvalue weighted by Gasteiger charge is -2.06. The van der Waals surface area contributed by atoms with Crippen molar-refractivity contribution in [2.24, 2.45) is 0 Å². The molecule has 0 spiro atoms. The van der Waals surface area contributed by atoms with E-state index >= 15 is 0 Å². The van der Waals surface area contributed by atoms with Gasteiger partial charge in [0.25, 0.3) is 0 Å². The molecular weight excluding hydrogens is 346 g/mol. The molecule has 108 valence electrons. The van der Waals surface area contributed by atoms with Crippen LogP contribution >= 0.6 is 15.9 Å². The predicted molar refractivity (Wildman–Crippen MR) is 77.5 cm³/mol. The first-order valence-electron chi connectivity index (χ1n) is 5.86. The van der Waals surface area contributed by atoms with Crippen LogP contribution in [0.1, 0.15) is 16.9 Å². The molecule has 5 nitrogen and oxygen atoms in total. The molecule has 1 heterocycles. The van der Waals surface area contributed by atoms with E-state index in [2.05, 4.69) is 20.7 Å². The van der Waals surface area contributed by atoms with Crippen molar-refractivity contribution in [3.05, 3.63) is 51.9 Å². The van der Waals surface area contributed by atoms with Gasteiger partial charge in [-0.3, -0.25) is 0 Å². The van der Waals surface area contributed by atoms with Crippen molar-refractivity contribution >= 4 is 26.0 Å². The third-order valence-corrected chi connectivity index (χ3v) is 4.96. The first kappa shape index (κ1) is 15.2. The Morgan fingerprint density at radius 3 is 2.70 bits per heavy atom. The molecule has 0 radical (unpaired) electrons. The van der Waals surface area contributed by atoms with Gasteiger partial charge in [0.2, 0.25) is 10.0 Å². The maximum absolute atomic E-state index is 12.2. The van der Waals surface area contributed by atoms with E-state index in [1.165, 1.54) is 6.07 Å². The van der Waals surface area contributed by atoms with Crippen LogP contribution in [-0.2, 0) is 23.2 Å². The molecule has 0 aliphatic carbocycles. The van der Waals surface area contributed by atoms with E-state index in [4.69, 9.17) is 9.52 Å². The van der Waals surface area contributed by atoms with Crippen LogP contribution in [0, 0.1) is 6.92 Å². The van der Waals surface area contributed by atoms with Gasteiger partial charge in [0.05, 0.1) is 0 Å². The summed E-state index contributed by atoms with van der Waals surface area (Å²) in [5.41, 5.74) is 1.93. The number of rotatable bonds is 5. The molecule has 0 saturated carbocycles. The van der Waals surface area contributed by atoms with Crippen molar-refractivity contribution in [1.29, 1.82) is 0 Å². The minimum Gasteiger partial charge on any atom is -0.450 e.